The van der Waals surface area contributed by atoms with E-state index < -0.39 is 10.8 Å². The number of rotatable bonds is 4. The van der Waals surface area contributed by atoms with Crippen LogP contribution in [0.25, 0.3) is 12.2 Å². The Balaban J connectivity index is 1.65. The van der Waals surface area contributed by atoms with E-state index in [-0.39, 0.29) is 0 Å². The molecule has 2 aliphatic carbocycles. The molecule has 0 aromatic heterocycles. The lowest BCUT2D eigenvalue weighted by molar-refractivity contribution is 0.737. The van der Waals surface area contributed by atoms with Crippen molar-refractivity contribution in [1.29, 1.82) is 10.5 Å². The fraction of sp³-hybridized carbons (Fsp3) is 0.143. The van der Waals surface area contributed by atoms with Crippen molar-refractivity contribution in [3.8, 4) is 12.1 Å². The van der Waals surface area contributed by atoms with Crippen LogP contribution in [0.5, 0.6) is 0 Å². The van der Waals surface area contributed by atoms with Crippen LogP contribution in [-0.4, -0.2) is 0 Å². The van der Waals surface area contributed by atoms with E-state index in [1.54, 1.807) is 0 Å². The van der Waals surface area contributed by atoms with Gasteiger partial charge in [0.2, 0.25) is 0 Å². The van der Waals surface area contributed by atoms with Gasteiger partial charge in [-0.15, -0.1) is 0 Å². The first-order chi connectivity index (χ1) is 14.4. The molecule has 2 heteroatoms. The van der Waals surface area contributed by atoms with Gasteiger partial charge in [0.15, 0.2) is 0 Å². The Kier molecular flexibility index (Phi) is 6.31. The molecule has 0 bridgehead atoms. The van der Waals surface area contributed by atoms with Crippen LogP contribution in [0.1, 0.15) is 25.0 Å². The minimum Gasteiger partial charge on any atom is -0.197 e. The number of nitrogens with zero attached hydrogens (tertiary/aromatic N) is 2. The van der Waals surface area contributed by atoms with Gasteiger partial charge in [-0.2, -0.15) is 10.5 Å². The van der Waals surface area contributed by atoms with E-state index in [1.165, 1.54) is 0 Å². The molecule has 0 aliphatic heterocycles. The number of benzene rings is 1. The van der Waals surface area contributed by atoms with Crippen LogP contribution in [0.3, 0.4) is 0 Å². The highest BCUT2D eigenvalue weighted by molar-refractivity contribution is 5.61. The number of allylic oxidation sites excluding steroid dienone is 14. The normalized spacial score (nSPS) is 25.5. The first-order valence-corrected chi connectivity index (χ1v) is 9.90. The van der Waals surface area contributed by atoms with Crippen LogP contribution < -0.4 is 0 Å². The van der Waals surface area contributed by atoms with Gasteiger partial charge in [0, 0.05) is 0 Å². The molecular weight excluding hydrogens is 364 g/mol. The molecule has 2 unspecified atom stereocenters. The van der Waals surface area contributed by atoms with Crippen molar-refractivity contribution >= 4 is 12.2 Å². The maximum atomic E-state index is 9.25. The standard InChI is InChI=1S/C28H24N2/c1-27(21-29)17-3-5-23(15-19-27)7-9-25-11-13-26(14-12-25)10-8-24-6-4-18-28(2,22-30)20-16-24/h3-20H,1-2H3. The summed E-state index contributed by atoms with van der Waals surface area (Å²) in [6.07, 6.45) is 27.7. The lowest BCUT2D eigenvalue weighted by Gasteiger charge is -2.08. The van der Waals surface area contributed by atoms with Gasteiger partial charge in [0.25, 0.3) is 0 Å². The molecule has 1 aromatic rings. The second-order valence-electron chi connectivity index (χ2n) is 7.84. The van der Waals surface area contributed by atoms with E-state index >= 15 is 0 Å². The summed E-state index contributed by atoms with van der Waals surface area (Å²) in [6, 6.07) is 12.9. The Hall–Kier alpha value is -3.88. The quantitative estimate of drug-likeness (QED) is 0.564. The van der Waals surface area contributed by atoms with Crippen molar-refractivity contribution in [1.82, 2.24) is 0 Å². The van der Waals surface area contributed by atoms with E-state index in [2.05, 4.69) is 60.7 Å². The summed E-state index contributed by atoms with van der Waals surface area (Å²) in [7, 11) is 0. The van der Waals surface area contributed by atoms with Crippen LogP contribution in [0.4, 0.5) is 0 Å². The molecule has 2 nitrogen and oxygen atoms in total. The molecule has 2 aliphatic rings. The maximum absolute atomic E-state index is 9.25. The Labute approximate surface area is 179 Å². The average Bonchev–Trinajstić information content (AvgIpc) is 3.08. The Morgan fingerprint density at radius 1 is 0.633 bits per heavy atom. The van der Waals surface area contributed by atoms with E-state index in [1.807, 2.05) is 74.6 Å². The smallest absolute Gasteiger partial charge is 0.0911 e. The third-order valence-corrected chi connectivity index (χ3v) is 5.06. The number of hydrogen-bond acceptors (Lipinski definition) is 2. The van der Waals surface area contributed by atoms with Crippen molar-refractivity contribution in [2.24, 2.45) is 10.8 Å². The van der Waals surface area contributed by atoms with Gasteiger partial charge < -0.3 is 0 Å². The highest BCUT2D eigenvalue weighted by Crippen LogP contribution is 2.24. The van der Waals surface area contributed by atoms with Crippen molar-refractivity contribution < 1.29 is 0 Å². The zero-order valence-electron chi connectivity index (χ0n) is 17.3. The largest absolute Gasteiger partial charge is 0.197 e. The van der Waals surface area contributed by atoms with Gasteiger partial charge in [0.05, 0.1) is 23.0 Å². The minimum absolute atomic E-state index is 0.551. The zero-order valence-corrected chi connectivity index (χ0v) is 17.3. The molecule has 0 N–H and O–H groups in total. The molecule has 30 heavy (non-hydrogen) atoms. The monoisotopic (exact) mass is 388 g/mol. The van der Waals surface area contributed by atoms with Crippen LogP contribution in [0.2, 0.25) is 0 Å². The SMILES string of the molecule is CC1(C#N)C=CC=C(C=Cc2ccc(C=CC3=CC=CC(C)(C#N)C=C3)cc2)C=C1. The molecule has 0 saturated carbocycles. The summed E-state index contributed by atoms with van der Waals surface area (Å²) < 4.78 is 0. The first-order valence-electron chi connectivity index (χ1n) is 9.90. The Bertz CT molecular complexity index is 1030. The van der Waals surface area contributed by atoms with Crippen LogP contribution >= 0.6 is 0 Å². The molecule has 2 atom stereocenters. The first kappa shape index (κ1) is 20.8. The van der Waals surface area contributed by atoms with Gasteiger partial charge in [-0.25, -0.2) is 0 Å². The fourth-order valence-electron chi connectivity index (χ4n) is 2.95. The zero-order chi connectivity index (χ0) is 21.5. The summed E-state index contributed by atoms with van der Waals surface area (Å²) in [4.78, 5) is 0. The van der Waals surface area contributed by atoms with Crippen molar-refractivity contribution in [2.75, 3.05) is 0 Å². The van der Waals surface area contributed by atoms with Gasteiger partial charge in [0.1, 0.15) is 0 Å². The summed E-state index contributed by atoms with van der Waals surface area (Å²) in [6.45, 7) is 3.79. The Morgan fingerprint density at radius 3 is 1.40 bits per heavy atom. The van der Waals surface area contributed by atoms with Crippen molar-refractivity contribution in [3.63, 3.8) is 0 Å². The van der Waals surface area contributed by atoms with E-state index in [0.29, 0.717) is 0 Å². The van der Waals surface area contributed by atoms with E-state index in [9.17, 15) is 10.5 Å². The van der Waals surface area contributed by atoms with Gasteiger partial charge >= 0.3 is 0 Å². The highest BCUT2D eigenvalue weighted by atomic mass is 14.3. The predicted molar refractivity (Wildman–Crippen MR) is 125 cm³/mol. The summed E-state index contributed by atoms with van der Waals surface area (Å²) in [5, 5.41) is 18.5. The molecular formula is C28H24N2. The number of nitriles is 2. The van der Waals surface area contributed by atoms with Gasteiger partial charge in [-0.1, -0.05) is 109 Å². The summed E-state index contributed by atoms with van der Waals surface area (Å²) >= 11 is 0. The fourth-order valence-corrected chi connectivity index (χ4v) is 2.95. The molecule has 1 aromatic carbocycles. The molecule has 0 saturated heterocycles. The lowest BCUT2D eigenvalue weighted by atomic mass is 9.92. The van der Waals surface area contributed by atoms with Crippen LogP contribution in [0.15, 0.2) is 108 Å². The minimum atomic E-state index is -0.551. The molecule has 0 amide bonds. The van der Waals surface area contributed by atoms with Crippen LogP contribution in [-0.2, 0) is 0 Å². The molecule has 0 fully saturated rings. The Morgan fingerprint density at radius 2 is 1.03 bits per heavy atom. The van der Waals surface area contributed by atoms with Gasteiger partial charge in [-0.3, -0.25) is 0 Å². The number of hydrogen-bond donors (Lipinski definition) is 0. The van der Waals surface area contributed by atoms with Crippen LogP contribution in [0, 0.1) is 33.5 Å². The average molecular weight is 389 g/mol. The molecule has 0 heterocycles. The maximum Gasteiger partial charge on any atom is 0.0911 e. The van der Waals surface area contributed by atoms with E-state index in [4.69, 9.17) is 0 Å². The third kappa shape index (κ3) is 5.57. The lowest BCUT2D eigenvalue weighted by Crippen LogP contribution is -2.04. The molecule has 0 radical (unpaired) electrons. The van der Waals surface area contributed by atoms with Crippen molar-refractivity contribution in [2.45, 2.75) is 13.8 Å². The topological polar surface area (TPSA) is 47.6 Å². The van der Waals surface area contributed by atoms with E-state index in [0.717, 1.165) is 22.3 Å². The highest BCUT2D eigenvalue weighted by Gasteiger charge is 2.17. The second-order valence-corrected chi connectivity index (χ2v) is 7.84. The summed E-state index contributed by atoms with van der Waals surface area (Å²) in [5.74, 6) is 0. The second kappa shape index (κ2) is 9.08. The molecule has 0 spiro atoms. The summed E-state index contributed by atoms with van der Waals surface area (Å²) in [5.41, 5.74) is 3.23. The van der Waals surface area contributed by atoms with Crippen molar-refractivity contribution in [3.05, 3.63) is 119 Å². The third-order valence-electron chi connectivity index (χ3n) is 5.06. The molecule has 3 rings (SSSR count). The van der Waals surface area contributed by atoms with Gasteiger partial charge in [-0.05, 0) is 36.1 Å². The predicted octanol–water partition coefficient (Wildman–Crippen LogP) is 6.88. The molecule has 146 valence electrons.